The van der Waals surface area contributed by atoms with Gasteiger partial charge in [0.25, 0.3) is 0 Å². The van der Waals surface area contributed by atoms with Gasteiger partial charge in [0.15, 0.2) is 0 Å². The highest BCUT2D eigenvalue weighted by molar-refractivity contribution is 5.98. The second kappa shape index (κ2) is 6.13. The summed E-state index contributed by atoms with van der Waals surface area (Å²) in [5.41, 5.74) is 1.84. The third-order valence-electron chi connectivity index (χ3n) is 3.92. The third-order valence-corrected chi connectivity index (χ3v) is 3.92. The highest BCUT2D eigenvalue weighted by Crippen LogP contribution is 2.33. The zero-order valence-corrected chi connectivity index (χ0v) is 11.9. The molecular weight excluding hydrogens is 272 g/mol. The summed E-state index contributed by atoms with van der Waals surface area (Å²) in [6.45, 7) is 1.16. The van der Waals surface area contributed by atoms with Gasteiger partial charge in [0, 0.05) is 23.0 Å². The Kier molecular flexibility index (Phi) is 4.49. The summed E-state index contributed by atoms with van der Waals surface area (Å²) in [5, 5.41) is 20.8. The Balaban J connectivity index is 0.00000147. The van der Waals surface area contributed by atoms with Crippen LogP contribution >= 0.6 is 12.4 Å². The van der Waals surface area contributed by atoms with E-state index in [0.29, 0.717) is 5.56 Å². The molecule has 2 aromatic carbocycles. The molecule has 0 saturated carbocycles. The molecule has 0 spiro atoms. The Hall–Kier alpha value is -1.76. The zero-order chi connectivity index (χ0) is 13.2. The monoisotopic (exact) mass is 288 g/mol. The smallest absolute Gasteiger partial charge is 0.0998 e. The molecule has 1 aliphatic rings. The molecule has 4 heteroatoms. The summed E-state index contributed by atoms with van der Waals surface area (Å²) in [7, 11) is 0. The van der Waals surface area contributed by atoms with E-state index >= 15 is 0 Å². The van der Waals surface area contributed by atoms with Crippen LogP contribution in [0.2, 0.25) is 0 Å². The first-order valence-corrected chi connectivity index (χ1v) is 6.64. The highest BCUT2D eigenvalue weighted by Gasteiger charge is 2.25. The van der Waals surface area contributed by atoms with Crippen molar-refractivity contribution < 1.29 is 5.11 Å². The minimum absolute atomic E-state index is 0. The number of anilines is 1. The van der Waals surface area contributed by atoms with Crippen LogP contribution in [0.1, 0.15) is 18.4 Å². The van der Waals surface area contributed by atoms with Crippen LogP contribution in [0.3, 0.4) is 0 Å². The quantitative estimate of drug-likeness (QED) is 0.924. The van der Waals surface area contributed by atoms with Crippen molar-refractivity contribution in [3.63, 3.8) is 0 Å². The first kappa shape index (κ1) is 14.6. The lowest BCUT2D eigenvalue weighted by Gasteiger charge is -2.26. The number of hydrogen-bond acceptors (Lipinski definition) is 3. The number of fused-ring (bicyclic) bond motifs is 1. The number of nitrogens with zero attached hydrogens (tertiary/aromatic N) is 2. The van der Waals surface area contributed by atoms with Gasteiger partial charge in [-0.05, 0) is 25.0 Å². The first-order chi connectivity index (χ1) is 9.35. The van der Waals surface area contributed by atoms with Gasteiger partial charge < -0.3 is 10.0 Å². The maximum Gasteiger partial charge on any atom is 0.0998 e. The van der Waals surface area contributed by atoms with E-state index in [4.69, 9.17) is 0 Å². The van der Waals surface area contributed by atoms with Gasteiger partial charge in [-0.1, -0.05) is 24.3 Å². The summed E-state index contributed by atoms with van der Waals surface area (Å²) in [4.78, 5) is 2.27. The summed E-state index contributed by atoms with van der Waals surface area (Å²) in [6, 6.07) is 14.3. The molecule has 104 valence electrons. The maximum absolute atomic E-state index is 9.48. The van der Waals surface area contributed by atoms with Crippen LogP contribution in [0, 0.1) is 11.3 Å². The number of aliphatic hydroxyl groups is 1. The largest absolute Gasteiger partial charge is 0.394 e. The standard InChI is InChI=1S/C16H16N2O.ClH/c17-10-12-7-8-16(15-6-2-1-5-14(12)15)18-9-3-4-13(18)11-19;/h1-2,5-8,13,19H,3-4,9,11H2;1H/t13-;/m0./s1. The van der Waals surface area contributed by atoms with Gasteiger partial charge in [-0.15, -0.1) is 12.4 Å². The van der Waals surface area contributed by atoms with Crippen LogP contribution in [-0.2, 0) is 0 Å². The molecule has 1 N–H and O–H groups in total. The van der Waals surface area contributed by atoms with E-state index in [9.17, 15) is 10.4 Å². The molecular formula is C16H17ClN2O. The lowest BCUT2D eigenvalue weighted by molar-refractivity contribution is 0.266. The van der Waals surface area contributed by atoms with E-state index in [0.717, 1.165) is 35.8 Å². The van der Waals surface area contributed by atoms with Gasteiger partial charge in [-0.25, -0.2) is 0 Å². The minimum Gasteiger partial charge on any atom is -0.394 e. The molecule has 2 aromatic rings. The normalized spacial score (nSPS) is 17.8. The molecule has 1 fully saturated rings. The van der Waals surface area contributed by atoms with Crippen LogP contribution in [0.25, 0.3) is 10.8 Å². The Morgan fingerprint density at radius 1 is 1.20 bits per heavy atom. The molecule has 1 atom stereocenters. The lowest BCUT2D eigenvalue weighted by Crippen LogP contribution is -2.32. The van der Waals surface area contributed by atoms with Gasteiger partial charge in [0.2, 0.25) is 0 Å². The minimum atomic E-state index is 0. The molecule has 0 bridgehead atoms. The van der Waals surface area contributed by atoms with Crippen molar-refractivity contribution in [3.8, 4) is 6.07 Å². The molecule has 0 aromatic heterocycles. The lowest BCUT2D eigenvalue weighted by atomic mass is 10.0. The van der Waals surface area contributed by atoms with Crippen molar-refractivity contribution in [2.24, 2.45) is 0 Å². The summed E-state index contributed by atoms with van der Waals surface area (Å²) in [5.74, 6) is 0. The molecule has 20 heavy (non-hydrogen) atoms. The summed E-state index contributed by atoms with van der Waals surface area (Å²) >= 11 is 0. The molecule has 1 saturated heterocycles. The Labute approximate surface area is 124 Å². The van der Waals surface area contributed by atoms with Gasteiger partial charge in [0.1, 0.15) is 0 Å². The molecule has 1 heterocycles. The Morgan fingerprint density at radius 3 is 2.65 bits per heavy atom. The molecule has 0 radical (unpaired) electrons. The second-order valence-electron chi connectivity index (χ2n) is 4.96. The number of rotatable bonds is 2. The van der Waals surface area contributed by atoms with Crippen LogP contribution in [0.5, 0.6) is 0 Å². The van der Waals surface area contributed by atoms with E-state index in [-0.39, 0.29) is 25.1 Å². The Morgan fingerprint density at radius 2 is 1.95 bits per heavy atom. The number of halogens is 1. The summed E-state index contributed by atoms with van der Waals surface area (Å²) < 4.78 is 0. The predicted octanol–water partition coefficient (Wildman–Crippen LogP) is 3.09. The highest BCUT2D eigenvalue weighted by atomic mass is 35.5. The summed E-state index contributed by atoms with van der Waals surface area (Å²) in [6.07, 6.45) is 2.14. The maximum atomic E-state index is 9.48. The number of aliphatic hydroxyl groups excluding tert-OH is 1. The van der Waals surface area contributed by atoms with E-state index in [1.54, 1.807) is 0 Å². The van der Waals surface area contributed by atoms with E-state index in [1.165, 1.54) is 0 Å². The van der Waals surface area contributed by atoms with Crippen molar-refractivity contribution in [2.75, 3.05) is 18.1 Å². The first-order valence-electron chi connectivity index (χ1n) is 6.64. The molecule has 0 unspecified atom stereocenters. The molecule has 3 rings (SSSR count). The zero-order valence-electron chi connectivity index (χ0n) is 11.1. The van der Waals surface area contributed by atoms with Crippen LogP contribution in [-0.4, -0.2) is 24.3 Å². The van der Waals surface area contributed by atoms with E-state index in [1.807, 2.05) is 30.3 Å². The van der Waals surface area contributed by atoms with Crippen molar-refractivity contribution in [3.05, 3.63) is 42.0 Å². The number of nitriles is 1. The molecule has 0 amide bonds. The van der Waals surface area contributed by atoms with Crippen molar-refractivity contribution >= 4 is 28.9 Å². The predicted molar refractivity (Wildman–Crippen MR) is 83.4 cm³/mol. The fourth-order valence-electron chi connectivity index (χ4n) is 2.97. The topological polar surface area (TPSA) is 47.3 Å². The fourth-order valence-corrected chi connectivity index (χ4v) is 2.97. The van der Waals surface area contributed by atoms with Crippen LogP contribution in [0.15, 0.2) is 36.4 Å². The van der Waals surface area contributed by atoms with Gasteiger partial charge in [-0.2, -0.15) is 5.26 Å². The van der Waals surface area contributed by atoms with E-state index in [2.05, 4.69) is 17.0 Å². The van der Waals surface area contributed by atoms with Crippen molar-refractivity contribution in [1.29, 1.82) is 5.26 Å². The molecule has 3 nitrogen and oxygen atoms in total. The van der Waals surface area contributed by atoms with Crippen molar-refractivity contribution in [1.82, 2.24) is 0 Å². The van der Waals surface area contributed by atoms with E-state index < -0.39 is 0 Å². The van der Waals surface area contributed by atoms with Crippen LogP contribution in [0.4, 0.5) is 5.69 Å². The third kappa shape index (κ3) is 2.33. The molecule has 1 aliphatic heterocycles. The van der Waals surface area contributed by atoms with Gasteiger partial charge >= 0.3 is 0 Å². The fraction of sp³-hybridized carbons (Fsp3) is 0.312. The Bertz CT molecular complexity index is 650. The number of hydrogen-bond donors (Lipinski definition) is 1. The SMILES string of the molecule is Cl.N#Cc1ccc(N2CCC[C@H]2CO)c2ccccc12. The van der Waals surface area contributed by atoms with Gasteiger partial charge in [0.05, 0.1) is 24.3 Å². The average molecular weight is 289 g/mol. The second-order valence-corrected chi connectivity index (χ2v) is 4.96. The van der Waals surface area contributed by atoms with Gasteiger partial charge in [-0.3, -0.25) is 0 Å². The number of benzene rings is 2. The molecule has 0 aliphatic carbocycles. The average Bonchev–Trinajstić information content (AvgIpc) is 2.94. The van der Waals surface area contributed by atoms with Crippen LogP contribution < -0.4 is 4.90 Å². The van der Waals surface area contributed by atoms with Crippen molar-refractivity contribution in [2.45, 2.75) is 18.9 Å².